The van der Waals surface area contributed by atoms with Gasteiger partial charge in [0.1, 0.15) is 0 Å². The van der Waals surface area contributed by atoms with Gasteiger partial charge in [-0.3, -0.25) is 4.79 Å². The van der Waals surface area contributed by atoms with Gasteiger partial charge < -0.3 is 15.0 Å². The number of anilines is 1. The summed E-state index contributed by atoms with van der Waals surface area (Å²) in [6, 6.07) is 9.70. The van der Waals surface area contributed by atoms with Crippen LogP contribution in [0.5, 0.6) is 0 Å². The van der Waals surface area contributed by atoms with Crippen LogP contribution in [-0.2, 0) is 14.8 Å². The third-order valence-corrected chi connectivity index (χ3v) is 8.69. The van der Waals surface area contributed by atoms with E-state index in [9.17, 15) is 13.2 Å². The molecule has 0 unspecified atom stereocenters. The molecule has 0 aliphatic carbocycles. The first-order valence-electron chi connectivity index (χ1n) is 11.0. The maximum atomic E-state index is 13.4. The van der Waals surface area contributed by atoms with E-state index in [-0.39, 0.29) is 16.8 Å². The Balaban J connectivity index is 1.65. The summed E-state index contributed by atoms with van der Waals surface area (Å²) in [6.07, 6.45) is 2.07. The van der Waals surface area contributed by atoms with E-state index in [0.717, 1.165) is 37.2 Å². The summed E-state index contributed by atoms with van der Waals surface area (Å²) in [4.78, 5) is 15.6. The minimum atomic E-state index is -3.73. The third-order valence-electron chi connectivity index (χ3n) is 6.06. The zero-order valence-corrected chi connectivity index (χ0v) is 20.7. The first-order chi connectivity index (χ1) is 15.8. The highest BCUT2D eigenvalue weighted by molar-refractivity contribution is 7.89. The first kappa shape index (κ1) is 24.3. The molecule has 2 aliphatic rings. The van der Waals surface area contributed by atoms with Gasteiger partial charge in [-0.1, -0.05) is 29.3 Å². The van der Waals surface area contributed by atoms with Crippen LogP contribution in [-0.4, -0.2) is 58.0 Å². The van der Waals surface area contributed by atoms with Crippen molar-refractivity contribution >= 4 is 44.8 Å². The maximum Gasteiger partial charge on any atom is 0.253 e. The Morgan fingerprint density at radius 3 is 2.36 bits per heavy atom. The molecule has 2 heterocycles. The van der Waals surface area contributed by atoms with Crippen molar-refractivity contribution in [1.82, 2.24) is 9.62 Å². The summed E-state index contributed by atoms with van der Waals surface area (Å²) in [5, 5.41) is 3.84. The standard InChI is InChI=1S/C23H27Cl2N3O4S/c1-16(17-4-6-20(24)21(25)14-17)26-23(29)19-15-18(5-7-22(19)27-8-2-3-9-27)33(30,31)28-10-12-32-13-11-28/h4-7,14-16H,2-3,8-13H2,1H3,(H,26,29)/t16-/m0/s1. The van der Waals surface area contributed by atoms with Crippen molar-refractivity contribution in [3.8, 4) is 0 Å². The Morgan fingerprint density at radius 2 is 1.70 bits per heavy atom. The lowest BCUT2D eigenvalue weighted by atomic mass is 10.1. The smallest absolute Gasteiger partial charge is 0.253 e. The fourth-order valence-corrected chi connectivity index (χ4v) is 5.91. The van der Waals surface area contributed by atoms with Crippen LogP contribution in [0.1, 0.15) is 41.7 Å². The van der Waals surface area contributed by atoms with Gasteiger partial charge in [0, 0.05) is 31.9 Å². The van der Waals surface area contributed by atoms with Crippen LogP contribution in [0.15, 0.2) is 41.3 Å². The molecule has 0 radical (unpaired) electrons. The fourth-order valence-electron chi connectivity index (χ4n) is 4.17. The summed E-state index contributed by atoms with van der Waals surface area (Å²) < 4.78 is 33.1. The number of carbonyl (C=O) groups is 1. The lowest BCUT2D eigenvalue weighted by Crippen LogP contribution is -2.40. The number of halogens is 2. The molecule has 2 saturated heterocycles. The van der Waals surface area contributed by atoms with Gasteiger partial charge in [-0.2, -0.15) is 4.31 Å². The molecule has 178 valence electrons. The van der Waals surface area contributed by atoms with Crippen molar-refractivity contribution in [2.24, 2.45) is 0 Å². The normalized spacial score (nSPS) is 18.3. The molecular weight excluding hydrogens is 485 g/mol. The van der Waals surface area contributed by atoms with Gasteiger partial charge >= 0.3 is 0 Å². The molecule has 4 rings (SSSR count). The highest BCUT2D eigenvalue weighted by atomic mass is 35.5. The lowest BCUT2D eigenvalue weighted by molar-refractivity contribution is 0.0730. The van der Waals surface area contributed by atoms with Crippen LogP contribution in [0.2, 0.25) is 10.0 Å². The quantitative estimate of drug-likeness (QED) is 0.631. The number of carbonyl (C=O) groups excluding carboxylic acids is 1. The van der Waals surface area contributed by atoms with Crippen LogP contribution in [0.25, 0.3) is 0 Å². The molecule has 7 nitrogen and oxygen atoms in total. The van der Waals surface area contributed by atoms with Crippen molar-refractivity contribution in [3.05, 3.63) is 57.6 Å². The van der Waals surface area contributed by atoms with Gasteiger partial charge in [0.25, 0.3) is 5.91 Å². The summed E-state index contributed by atoms with van der Waals surface area (Å²) in [6.45, 7) is 4.83. The average molecular weight is 512 g/mol. The van der Waals surface area contributed by atoms with E-state index in [1.165, 1.54) is 10.4 Å². The molecular formula is C23H27Cl2N3O4S. The predicted octanol–water partition coefficient (Wildman–Crippen LogP) is 4.11. The molecule has 0 bridgehead atoms. The number of hydrogen-bond acceptors (Lipinski definition) is 5. The van der Waals surface area contributed by atoms with E-state index >= 15 is 0 Å². The Kier molecular flexibility index (Phi) is 7.50. The second kappa shape index (κ2) is 10.2. The molecule has 2 aromatic carbocycles. The SMILES string of the molecule is C[C@H](NC(=O)c1cc(S(=O)(=O)N2CCOCC2)ccc1N1CCCC1)c1ccc(Cl)c(Cl)c1. The molecule has 0 saturated carbocycles. The molecule has 2 fully saturated rings. The maximum absolute atomic E-state index is 13.4. The highest BCUT2D eigenvalue weighted by Gasteiger charge is 2.29. The van der Waals surface area contributed by atoms with Crippen LogP contribution >= 0.6 is 23.2 Å². The van der Waals surface area contributed by atoms with Gasteiger partial charge in [-0.15, -0.1) is 0 Å². The zero-order chi connectivity index (χ0) is 23.6. The minimum absolute atomic E-state index is 0.111. The Hall–Kier alpha value is -1.84. The molecule has 0 spiro atoms. The van der Waals surface area contributed by atoms with Gasteiger partial charge in [-0.25, -0.2) is 8.42 Å². The second-order valence-corrected chi connectivity index (χ2v) is 11.0. The van der Waals surface area contributed by atoms with Crippen LogP contribution in [0, 0.1) is 0 Å². The molecule has 1 N–H and O–H groups in total. The topological polar surface area (TPSA) is 79.0 Å². The number of ether oxygens (including phenoxy) is 1. The predicted molar refractivity (Wildman–Crippen MR) is 130 cm³/mol. The van der Waals surface area contributed by atoms with Crippen molar-refractivity contribution < 1.29 is 17.9 Å². The highest BCUT2D eigenvalue weighted by Crippen LogP contribution is 2.30. The Labute approximate surface area is 204 Å². The summed E-state index contributed by atoms with van der Waals surface area (Å²) in [5.74, 6) is -0.338. The van der Waals surface area contributed by atoms with Crippen molar-refractivity contribution in [2.45, 2.75) is 30.7 Å². The average Bonchev–Trinajstić information content (AvgIpc) is 3.35. The number of nitrogens with one attached hydrogen (secondary N) is 1. The van der Waals surface area contributed by atoms with E-state index in [2.05, 4.69) is 10.2 Å². The minimum Gasteiger partial charge on any atom is -0.379 e. The number of rotatable bonds is 6. The lowest BCUT2D eigenvalue weighted by Gasteiger charge is -2.27. The fraction of sp³-hybridized carbons (Fsp3) is 0.435. The van der Waals surface area contributed by atoms with E-state index in [1.54, 1.807) is 30.3 Å². The molecule has 0 aromatic heterocycles. The molecule has 1 atom stereocenters. The van der Waals surface area contributed by atoms with Crippen molar-refractivity contribution in [1.29, 1.82) is 0 Å². The number of amides is 1. The number of nitrogens with zero attached hydrogens (tertiary/aromatic N) is 2. The van der Waals surface area contributed by atoms with Gasteiger partial charge in [0.05, 0.1) is 39.8 Å². The number of hydrogen-bond donors (Lipinski definition) is 1. The van der Waals surface area contributed by atoms with Crippen LogP contribution in [0.4, 0.5) is 5.69 Å². The summed E-state index contributed by atoms with van der Waals surface area (Å²) >= 11 is 12.1. The monoisotopic (exact) mass is 511 g/mol. The van der Waals surface area contributed by atoms with Crippen molar-refractivity contribution in [2.75, 3.05) is 44.3 Å². The van der Waals surface area contributed by atoms with Gasteiger partial charge in [-0.05, 0) is 55.7 Å². The van der Waals surface area contributed by atoms with Crippen molar-refractivity contribution in [3.63, 3.8) is 0 Å². The van der Waals surface area contributed by atoms with Crippen LogP contribution < -0.4 is 10.2 Å². The van der Waals surface area contributed by atoms with Crippen LogP contribution in [0.3, 0.4) is 0 Å². The summed E-state index contributed by atoms with van der Waals surface area (Å²) in [7, 11) is -3.73. The molecule has 10 heteroatoms. The van der Waals surface area contributed by atoms with Gasteiger partial charge in [0.2, 0.25) is 10.0 Å². The van der Waals surface area contributed by atoms with E-state index in [0.29, 0.717) is 41.9 Å². The number of benzene rings is 2. The molecule has 1 amide bonds. The van der Waals surface area contributed by atoms with Gasteiger partial charge in [0.15, 0.2) is 0 Å². The number of morpholine rings is 1. The second-order valence-electron chi connectivity index (χ2n) is 8.26. The Morgan fingerprint density at radius 1 is 1.00 bits per heavy atom. The number of sulfonamides is 1. The zero-order valence-electron chi connectivity index (χ0n) is 18.4. The van der Waals surface area contributed by atoms with E-state index in [4.69, 9.17) is 27.9 Å². The largest absolute Gasteiger partial charge is 0.379 e. The third kappa shape index (κ3) is 5.30. The molecule has 2 aliphatic heterocycles. The van der Waals surface area contributed by atoms with E-state index < -0.39 is 10.0 Å². The summed E-state index contributed by atoms with van der Waals surface area (Å²) in [5.41, 5.74) is 1.89. The Bertz CT molecular complexity index is 1130. The molecule has 33 heavy (non-hydrogen) atoms. The van der Waals surface area contributed by atoms with E-state index in [1.807, 2.05) is 6.92 Å². The molecule has 2 aromatic rings. The first-order valence-corrected chi connectivity index (χ1v) is 13.2.